The molecule has 1 saturated carbocycles. The molecule has 3 heterocycles. The van der Waals surface area contributed by atoms with Gasteiger partial charge in [0.25, 0.3) is 0 Å². The number of nitrogens with zero attached hydrogens (tertiary/aromatic N) is 1. The molecule has 0 spiro atoms. The van der Waals surface area contributed by atoms with Crippen LogP contribution in [0.15, 0.2) is 24.3 Å². The minimum absolute atomic E-state index is 0.0172. The van der Waals surface area contributed by atoms with Crippen LogP contribution in [0.3, 0.4) is 0 Å². The molecule has 2 bridgehead atoms. The van der Waals surface area contributed by atoms with Gasteiger partial charge in [0, 0.05) is 6.04 Å². The summed E-state index contributed by atoms with van der Waals surface area (Å²) in [5, 5.41) is 3.27. The summed E-state index contributed by atoms with van der Waals surface area (Å²) in [5.41, 5.74) is -0.838. The maximum atomic E-state index is 12.9. The van der Waals surface area contributed by atoms with Crippen LogP contribution in [-0.2, 0) is 15.8 Å². The molecule has 1 N–H and O–H groups in total. The van der Waals surface area contributed by atoms with E-state index in [1.54, 1.807) is 0 Å². The molecule has 3 saturated heterocycles. The number of nitrogens with one attached hydrogen (secondary N) is 1. The number of hydrogen-bond acceptors (Lipinski definition) is 3. The van der Waals surface area contributed by atoms with Crippen molar-refractivity contribution in [2.75, 3.05) is 11.4 Å². The number of hydrogen-bond donors (Lipinski definition) is 1. The number of piperidine rings is 2. The average molecular weight is 324 g/mol. The van der Waals surface area contributed by atoms with Crippen molar-refractivity contribution in [1.29, 1.82) is 0 Å². The highest BCUT2D eigenvalue weighted by atomic mass is 19.4. The van der Waals surface area contributed by atoms with Gasteiger partial charge in [-0.15, -0.1) is 0 Å². The molecule has 4 atom stereocenters. The molecular weight excluding hydrogens is 309 g/mol. The van der Waals surface area contributed by atoms with Gasteiger partial charge in [-0.1, -0.05) is 6.07 Å². The number of fused-ring (bicyclic) bond motifs is 2. The quantitative estimate of drug-likeness (QED) is 0.806. The molecule has 122 valence electrons. The van der Waals surface area contributed by atoms with Crippen molar-refractivity contribution in [2.24, 2.45) is 17.8 Å². The third-order valence-electron chi connectivity index (χ3n) is 5.26. The highest BCUT2D eigenvalue weighted by molar-refractivity contribution is 6.22. The second-order valence-corrected chi connectivity index (χ2v) is 6.46. The van der Waals surface area contributed by atoms with Crippen molar-refractivity contribution in [3.63, 3.8) is 0 Å². The Bertz CT molecular complexity index is 650. The number of alkyl halides is 3. The fourth-order valence-electron chi connectivity index (χ4n) is 4.22. The molecule has 4 nitrogen and oxygen atoms in total. The van der Waals surface area contributed by atoms with Crippen molar-refractivity contribution in [3.05, 3.63) is 29.8 Å². The first kappa shape index (κ1) is 14.7. The van der Waals surface area contributed by atoms with Crippen LogP contribution in [0.4, 0.5) is 18.9 Å². The molecule has 7 heteroatoms. The normalized spacial score (nSPS) is 33.3. The maximum absolute atomic E-state index is 12.9. The van der Waals surface area contributed by atoms with Crippen LogP contribution in [-0.4, -0.2) is 24.4 Å². The Balaban J connectivity index is 1.73. The van der Waals surface area contributed by atoms with Crippen molar-refractivity contribution < 1.29 is 22.8 Å². The molecular formula is C16H15F3N2O2. The van der Waals surface area contributed by atoms with E-state index in [0.29, 0.717) is 6.54 Å². The zero-order valence-electron chi connectivity index (χ0n) is 12.1. The van der Waals surface area contributed by atoms with Gasteiger partial charge in [-0.25, -0.2) is 4.90 Å². The number of imide groups is 1. The molecule has 1 aromatic rings. The molecule has 23 heavy (non-hydrogen) atoms. The van der Waals surface area contributed by atoms with Crippen molar-refractivity contribution in [3.8, 4) is 0 Å². The van der Waals surface area contributed by atoms with Gasteiger partial charge in [-0.3, -0.25) is 9.59 Å². The number of benzene rings is 1. The molecule has 1 aliphatic carbocycles. The van der Waals surface area contributed by atoms with Crippen LogP contribution < -0.4 is 10.2 Å². The van der Waals surface area contributed by atoms with Gasteiger partial charge in [-0.05, 0) is 43.5 Å². The average Bonchev–Trinajstić information content (AvgIpc) is 2.81. The zero-order valence-corrected chi connectivity index (χ0v) is 12.1. The lowest BCUT2D eigenvalue weighted by molar-refractivity contribution is -0.137. The number of carbonyl (C=O) groups excluding carboxylic acids is 2. The summed E-state index contributed by atoms with van der Waals surface area (Å²) >= 11 is 0. The van der Waals surface area contributed by atoms with Gasteiger partial charge in [0.1, 0.15) is 0 Å². The molecule has 1 aromatic carbocycles. The Hall–Kier alpha value is -1.89. The predicted octanol–water partition coefficient (Wildman–Crippen LogP) is 2.19. The second kappa shape index (κ2) is 4.80. The molecule has 0 aromatic heterocycles. The molecule has 4 unspecified atom stereocenters. The summed E-state index contributed by atoms with van der Waals surface area (Å²) in [6, 6.07) is 4.39. The highest BCUT2D eigenvalue weighted by Crippen LogP contribution is 2.46. The Morgan fingerprint density at radius 2 is 1.83 bits per heavy atom. The van der Waals surface area contributed by atoms with Gasteiger partial charge >= 0.3 is 6.18 Å². The van der Waals surface area contributed by atoms with Crippen LogP contribution in [0, 0.1) is 17.8 Å². The standard InChI is InChI=1S/C16H15F3N2O2/c17-16(18,19)9-2-1-3-10(6-9)21-14(22)12-8-4-5-11(20-7-8)13(12)15(21)23/h1-3,6,8,11-13,20H,4-5,7H2. The smallest absolute Gasteiger partial charge is 0.313 e. The molecule has 0 radical (unpaired) electrons. The second-order valence-electron chi connectivity index (χ2n) is 6.46. The first-order valence-electron chi connectivity index (χ1n) is 7.66. The first-order valence-corrected chi connectivity index (χ1v) is 7.66. The summed E-state index contributed by atoms with van der Waals surface area (Å²) in [4.78, 5) is 26.3. The molecule has 2 amide bonds. The van der Waals surface area contributed by atoms with E-state index in [-0.39, 0.29) is 29.5 Å². The van der Waals surface area contributed by atoms with Gasteiger partial charge in [0.15, 0.2) is 0 Å². The summed E-state index contributed by atoms with van der Waals surface area (Å²) in [6.45, 7) is 0.696. The zero-order chi connectivity index (χ0) is 16.4. The van der Waals surface area contributed by atoms with Crippen LogP contribution in [0.2, 0.25) is 0 Å². The van der Waals surface area contributed by atoms with E-state index in [1.807, 2.05) is 0 Å². The third kappa shape index (κ3) is 2.09. The number of anilines is 1. The van der Waals surface area contributed by atoms with Crippen molar-refractivity contribution in [2.45, 2.75) is 25.1 Å². The summed E-state index contributed by atoms with van der Waals surface area (Å²) in [7, 11) is 0. The largest absolute Gasteiger partial charge is 0.416 e. The van der Waals surface area contributed by atoms with Crippen LogP contribution in [0.25, 0.3) is 0 Å². The predicted molar refractivity (Wildman–Crippen MR) is 75.4 cm³/mol. The maximum Gasteiger partial charge on any atom is 0.416 e. The summed E-state index contributed by atoms with van der Waals surface area (Å²) in [6.07, 6.45) is -2.79. The van der Waals surface area contributed by atoms with Crippen molar-refractivity contribution in [1.82, 2.24) is 5.32 Å². The Labute approximate surface area is 130 Å². The molecule has 4 aliphatic rings. The van der Waals surface area contributed by atoms with Crippen LogP contribution in [0.1, 0.15) is 18.4 Å². The summed E-state index contributed by atoms with van der Waals surface area (Å²) in [5.74, 6) is -1.46. The number of carbonyl (C=O) groups is 2. The van der Waals surface area contributed by atoms with E-state index in [0.717, 1.165) is 29.9 Å². The summed E-state index contributed by atoms with van der Waals surface area (Å²) < 4.78 is 38.6. The third-order valence-corrected chi connectivity index (χ3v) is 5.26. The lowest BCUT2D eigenvalue weighted by Crippen LogP contribution is -2.56. The first-order chi connectivity index (χ1) is 10.9. The van der Waals surface area contributed by atoms with E-state index in [9.17, 15) is 22.8 Å². The molecule has 4 fully saturated rings. The molecule has 5 rings (SSSR count). The van der Waals surface area contributed by atoms with E-state index in [1.165, 1.54) is 12.1 Å². The lowest BCUT2D eigenvalue weighted by atomic mass is 9.67. The Morgan fingerprint density at radius 1 is 1.09 bits per heavy atom. The van der Waals surface area contributed by atoms with Gasteiger partial charge in [0.2, 0.25) is 11.8 Å². The van der Waals surface area contributed by atoms with Gasteiger partial charge in [0.05, 0.1) is 23.1 Å². The van der Waals surface area contributed by atoms with Crippen molar-refractivity contribution >= 4 is 17.5 Å². The number of halogens is 3. The van der Waals surface area contributed by atoms with E-state index >= 15 is 0 Å². The van der Waals surface area contributed by atoms with Crippen LogP contribution >= 0.6 is 0 Å². The van der Waals surface area contributed by atoms with Gasteiger partial charge < -0.3 is 5.32 Å². The monoisotopic (exact) mass is 324 g/mol. The number of amides is 2. The Kier molecular flexibility index (Phi) is 3.07. The van der Waals surface area contributed by atoms with E-state index < -0.39 is 23.6 Å². The van der Waals surface area contributed by atoms with E-state index in [2.05, 4.69) is 5.32 Å². The minimum Gasteiger partial charge on any atom is -0.313 e. The SMILES string of the molecule is O=C1C2C3CCC(NC3)C2C(=O)N1c1cccc(C(F)(F)F)c1. The molecule has 3 aliphatic heterocycles. The lowest BCUT2D eigenvalue weighted by Gasteiger charge is -2.43. The fraction of sp³-hybridized carbons (Fsp3) is 0.500. The topological polar surface area (TPSA) is 49.4 Å². The van der Waals surface area contributed by atoms with E-state index in [4.69, 9.17) is 0 Å². The fourth-order valence-corrected chi connectivity index (χ4v) is 4.22. The van der Waals surface area contributed by atoms with Gasteiger partial charge in [-0.2, -0.15) is 13.2 Å². The Morgan fingerprint density at radius 3 is 2.43 bits per heavy atom. The highest BCUT2D eigenvalue weighted by Gasteiger charge is 2.58. The minimum atomic E-state index is -4.50. The number of rotatable bonds is 1. The van der Waals surface area contributed by atoms with Crippen LogP contribution in [0.5, 0.6) is 0 Å².